The lowest BCUT2D eigenvalue weighted by molar-refractivity contribution is -0.122. The van der Waals surface area contributed by atoms with E-state index in [-0.39, 0.29) is 57.3 Å². The summed E-state index contributed by atoms with van der Waals surface area (Å²) in [6.45, 7) is 44.2. The number of β-amino-alcohol motifs (C(OH)–C–C–N with tert-alkyl or cyclic N) is 1. The van der Waals surface area contributed by atoms with Gasteiger partial charge in [-0.25, -0.2) is 0 Å². The van der Waals surface area contributed by atoms with Gasteiger partial charge in [-0.3, -0.25) is 24.3 Å². The first kappa shape index (κ1) is 66.4. The Morgan fingerprint density at radius 1 is 0.628 bits per heavy atom. The number of aromatic amines is 1. The van der Waals surface area contributed by atoms with E-state index in [1.807, 2.05) is 43.1 Å². The molecule has 0 unspecified atom stereocenters. The molecule has 1 saturated heterocycles. The first-order chi connectivity index (χ1) is 40.1. The summed E-state index contributed by atoms with van der Waals surface area (Å²) in [5, 5.41) is 24.1. The first-order valence-electron chi connectivity index (χ1n) is 31.0. The van der Waals surface area contributed by atoms with Gasteiger partial charge in [0.2, 0.25) is 11.8 Å². The summed E-state index contributed by atoms with van der Waals surface area (Å²) >= 11 is 0. The number of rotatable bonds is 6. The molecule has 11 rings (SSSR count). The van der Waals surface area contributed by atoms with Crippen LogP contribution in [0.3, 0.4) is 0 Å². The van der Waals surface area contributed by atoms with Crippen molar-refractivity contribution in [3.8, 4) is 0 Å². The number of likely N-dealkylation sites (tertiary alicyclic amines) is 1. The molecular formula is C73H99N7O6. The molecule has 0 bridgehead atoms. The van der Waals surface area contributed by atoms with E-state index in [9.17, 15) is 24.3 Å². The zero-order valence-electron chi connectivity index (χ0n) is 55.1. The highest BCUT2D eigenvalue weighted by atomic mass is 16.3. The second kappa shape index (κ2) is 26.5. The SMILES string of the molecule is CC(=O)N1CCc2ccc(C(C)(C)C)cc21.CC(C)(C)c1ccc2[nH]ncc2c1.CC(C)(C)c1ccc2c(c1)CCNC2=O.CC(C)(C)c1ccc2c(c1)N(CCO)C(=O)C2(C)C.CC(C)(C)c1ccc2oc(C(=O)NCCN3CCCC3)cc2c1. The van der Waals surface area contributed by atoms with E-state index in [0.29, 0.717) is 18.8 Å². The molecule has 1 fully saturated rings. The van der Waals surface area contributed by atoms with Crippen LogP contribution in [-0.4, -0.2) is 96.3 Å². The van der Waals surface area contributed by atoms with E-state index in [1.165, 1.54) is 57.2 Å². The van der Waals surface area contributed by atoms with E-state index in [1.54, 1.807) is 11.8 Å². The van der Waals surface area contributed by atoms with Crippen molar-refractivity contribution in [2.24, 2.45) is 0 Å². The summed E-state index contributed by atoms with van der Waals surface area (Å²) < 4.78 is 5.69. The summed E-state index contributed by atoms with van der Waals surface area (Å²) in [7, 11) is 0. The predicted molar refractivity (Wildman–Crippen MR) is 353 cm³/mol. The third-order valence-electron chi connectivity index (χ3n) is 16.9. The van der Waals surface area contributed by atoms with E-state index >= 15 is 0 Å². The highest BCUT2D eigenvalue weighted by Crippen LogP contribution is 2.43. The maximum absolute atomic E-state index is 12.4. The summed E-state index contributed by atoms with van der Waals surface area (Å²) in [5.74, 6) is 0.550. The van der Waals surface area contributed by atoms with Crippen LogP contribution in [0.4, 0.5) is 11.4 Å². The van der Waals surface area contributed by atoms with Gasteiger partial charge in [-0.05, 0) is 173 Å². The monoisotopic (exact) mass is 1170 g/mol. The molecule has 5 aromatic carbocycles. The van der Waals surface area contributed by atoms with Gasteiger partial charge in [0.1, 0.15) is 5.58 Å². The lowest BCUT2D eigenvalue weighted by Gasteiger charge is -2.23. The third-order valence-corrected chi connectivity index (χ3v) is 16.9. The average Bonchev–Trinajstić information content (AvgIpc) is 1.67. The van der Waals surface area contributed by atoms with Crippen molar-refractivity contribution >= 4 is 56.9 Å². The Bertz CT molecular complexity index is 3530. The molecule has 2 aromatic heterocycles. The van der Waals surface area contributed by atoms with Gasteiger partial charge in [0.25, 0.3) is 11.8 Å². The predicted octanol–water partition coefficient (Wildman–Crippen LogP) is 14.2. The molecule has 4 aliphatic heterocycles. The fraction of sp³-hybridized carbons (Fsp3) is 0.493. The van der Waals surface area contributed by atoms with Gasteiger partial charge in [0.05, 0.1) is 23.7 Å². The highest BCUT2D eigenvalue weighted by Gasteiger charge is 2.44. The number of aromatic nitrogens is 2. The van der Waals surface area contributed by atoms with Gasteiger partial charge in [0.15, 0.2) is 5.76 Å². The van der Waals surface area contributed by atoms with Crippen LogP contribution in [0.25, 0.3) is 21.9 Å². The molecule has 7 aromatic rings. The first-order valence-corrected chi connectivity index (χ1v) is 31.0. The minimum absolute atomic E-state index is 0.0129. The van der Waals surface area contributed by atoms with Gasteiger partial charge in [-0.2, -0.15) is 5.10 Å². The molecule has 4 N–H and O–H groups in total. The fourth-order valence-corrected chi connectivity index (χ4v) is 11.2. The second-order valence-corrected chi connectivity index (χ2v) is 29.3. The van der Waals surface area contributed by atoms with E-state index in [2.05, 4.69) is 208 Å². The maximum Gasteiger partial charge on any atom is 0.287 e. The Morgan fingerprint density at radius 2 is 1.17 bits per heavy atom. The average molecular weight is 1170 g/mol. The molecule has 0 spiro atoms. The number of aliphatic hydroxyl groups excluding tert-OH is 1. The molecule has 0 atom stereocenters. The van der Waals surface area contributed by atoms with Crippen LogP contribution in [0.5, 0.6) is 0 Å². The fourth-order valence-electron chi connectivity index (χ4n) is 11.2. The van der Waals surface area contributed by atoms with Gasteiger partial charge in [-0.1, -0.05) is 152 Å². The topological polar surface area (TPSA) is 164 Å². The summed E-state index contributed by atoms with van der Waals surface area (Å²) in [4.78, 5) is 53.7. The number of carbonyl (C=O) groups excluding carboxylic acids is 4. The Morgan fingerprint density at radius 3 is 1.78 bits per heavy atom. The highest BCUT2D eigenvalue weighted by molar-refractivity contribution is 6.07. The summed E-state index contributed by atoms with van der Waals surface area (Å²) in [6, 6.07) is 33.4. The van der Waals surface area contributed by atoms with Crippen molar-refractivity contribution < 1.29 is 28.7 Å². The maximum atomic E-state index is 12.4. The number of anilines is 2. The van der Waals surface area contributed by atoms with Gasteiger partial charge in [0, 0.05) is 67.4 Å². The minimum atomic E-state index is -0.499. The number of fused-ring (bicyclic) bond motifs is 5. The normalized spacial score (nSPS) is 15.7. The largest absolute Gasteiger partial charge is 0.451 e. The third kappa shape index (κ3) is 16.3. The van der Waals surface area contributed by atoms with Crippen molar-refractivity contribution in [1.82, 2.24) is 25.7 Å². The number of nitrogens with zero attached hydrogens (tertiary/aromatic N) is 4. The van der Waals surface area contributed by atoms with Gasteiger partial charge >= 0.3 is 0 Å². The zero-order chi connectivity index (χ0) is 63.3. The van der Waals surface area contributed by atoms with Crippen molar-refractivity contribution in [3.63, 3.8) is 0 Å². The van der Waals surface area contributed by atoms with E-state index in [4.69, 9.17) is 4.42 Å². The van der Waals surface area contributed by atoms with E-state index < -0.39 is 5.41 Å². The van der Waals surface area contributed by atoms with Crippen molar-refractivity contribution in [3.05, 3.63) is 159 Å². The molecular weight excluding hydrogens is 1070 g/mol. The number of nitrogens with one attached hydrogen (secondary N) is 3. The number of hydrogen-bond donors (Lipinski definition) is 4. The quantitative estimate of drug-likeness (QED) is 0.128. The number of benzene rings is 5. The Hall–Kier alpha value is -7.09. The minimum Gasteiger partial charge on any atom is -0.451 e. The van der Waals surface area contributed by atoms with Crippen LogP contribution in [0.2, 0.25) is 0 Å². The van der Waals surface area contributed by atoms with E-state index in [0.717, 1.165) is 84.6 Å². The Balaban J connectivity index is 0.000000156. The van der Waals surface area contributed by atoms with Crippen LogP contribution >= 0.6 is 0 Å². The number of amides is 4. The van der Waals surface area contributed by atoms with Crippen LogP contribution < -0.4 is 20.4 Å². The molecule has 0 radical (unpaired) electrons. The van der Waals surface area contributed by atoms with Crippen LogP contribution in [0.15, 0.2) is 108 Å². The number of carbonyl (C=O) groups is 4. The molecule has 0 aliphatic carbocycles. The van der Waals surface area contributed by atoms with Crippen molar-refractivity contribution in [2.45, 2.75) is 183 Å². The van der Waals surface area contributed by atoms with Crippen LogP contribution in [0.1, 0.15) is 203 Å². The molecule has 13 heteroatoms. The van der Waals surface area contributed by atoms with Crippen molar-refractivity contribution in [2.75, 3.05) is 62.2 Å². The van der Waals surface area contributed by atoms with Gasteiger partial charge in [-0.15, -0.1) is 0 Å². The van der Waals surface area contributed by atoms with Crippen molar-refractivity contribution in [1.29, 1.82) is 0 Å². The van der Waals surface area contributed by atoms with Gasteiger partial charge < -0.3 is 34.9 Å². The standard InChI is InChI=1S/C19H26N2O2.C16H23NO2.C14H19NO.C13H17NO.C11H14N2/c1-19(2,3)15-6-7-16-14(12-15)13-17(23-16)18(22)20-8-11-21-9-4-5-10-21;1-15(2,3)11-6-7-12-13(10-11)17(8-9-18)14(19)16(12,4)5;1-10(16)15-8-7-11-5-6-12(9-13(11)15)14(2,3)4;1-13(2,3)10-4-5-11-9(8-10)6-7-14-12(11)15;1-11(2,3)9-4-5-10-8(6-9)7-12-13-10/h6-7,12-13H,4-5,8-11H2,1-3H3,(H,20,22);6-7,10,18H,8-9H2,1-5H3;5-6,9H,7-8H2,1-4H3;4-5,8H,6-7H2,1-3H3,(H,14,15);4-7H,1-3H3,(H,12,13). The molecule has 0 saturated carbocycles. The second-order valence-electron chi connectivity index (χ2n) is 29.3. The molecule has 4 amide bonds. The number of aliphatic hydroxyl groups is 1. The molecule has 462 valence electrons. The smallest absolute Gasteiger partial charge is 0.287 e. The number of furan rings is 1. The summed E-state index contributed by atoms with van der Waals surface area (Å²) in [6.07, 6.45) is 6.34. The zero-order valence-corrected chi connectivity index (χ0v) is 55.1. The Labute approximate surface area is 513 Å². The number of hydrogen-bond acceptors (Lipinski definition) is 8. The van der Waals surface area contributed by atoms with Crippen LogP contribution in [0, 0.1) is 0 Å². The lowest BCUT2D eigenvalue weighted by atomic mass is 9.82. The lowest BCUT2D eigenvalue weighted by Crippen LogP contribution is -2.37. The molecule has 13 nitrogen and oxygen atoms in total. The summed E-state index contributed by atoms with van der Waals surface area (Å²) in [5.41, 5.74) is 14.9. The molecule has 6 heterocycles. The van der Waals surface area contributed by atoms with Crippen LogP contribution in [-0.2, 0) is 54.9 Å². The Kier molecular flexibility index (Phi) is 20.5. The molecule has 4 aliphatic rings. The molecule has 86 heavy (non-hydrogen) atoms. The number of H-pyrrole nitrogens is 1.